The van der Waals surface area contributed by atoms with Crippen molar-refractivity contribution < 1.29 is 28.0 Å². The highest BCUT2D eigenvalue weighted by Gasteiger charge is 2.19. The molecule has 4 rings (SSSR count). The molecule has 0 saturated heterocycles. The summed E-state index contributed by atoms with van der Waals surface area (Å²) in [6.45, 7) is 6.05. The first-order chi connectivity index (χ1) is 18.8. The van der Waals surface area contributed by atoms with Crippen molar-refractivity contribution in [3.63, 3.8) is 0 Å². The van der Waals surface area contributed by atoms with Crippen molar-refractivity contribution in [3.05, 3.63) is 83.2 Å². The van der Waals surface area contributed by atoms with Gasteiger partial charge in [0.1, 0.15) is 5.82 Å². The molecule has 1 heterocycles. The molecule has 0 aliphatic rings. The Hall–Kier alpha value is -4.37. The van der Waals surface area contributed by atoms with Crippen molar-refractivity contribution in [3.8, 4) is 34.0 Å². The van der Waals surface area contributed by atoms with Crippen molar-refractivity contribution in [2.45, 2.75) is 39.8 Å². The first kappa shape index (κ1) is 27.7. The lowest BCUT2D eigenvalue weighted by Crippen LogP contribution is -2.35. The molecule has 0 aliphatic heterocycles. The zero-order chi connectivity index (χ0) is 27.9. The number of nitrogens with one attached hydrogen (secondary N) is 1. The number of carbonyl (C=O) groups excluding carboxylic acids is 2. The van der Waals surface area contributed by atoms with E-state index < -0.39 is 23.7 Å². The second-order valence-electron chi connectivity index (χ2n) is 9.12. The van der Waals surface area contributed by atoms with E-state index in [1.807, 2.05) is 30.3 Å². The summed E-state index contributed by atoms with van der Waals surface area (Å²) in [6.07, 6.45) is -0.0110. The molecule has 1 atom stereocenters. The van der Waals surface area contributed by atoms with E-state index in [0.29, 0.717) is 17.7 Å². The lowest BCUT2D eigenvalue weighted by molar-refractivity contribution is -0.143. The van der Waals surface area contributed by atoms with Crippen LogP contribution in [0.3, 0.4) is 0 Å². The van der Waals surface area contributed by atoms with E-state index in [0.717, 1.165) is 22.3 Å². The lowest BCUT2D eigenvalue weighted by Gasteiger charge is -2.13. The van der Waals surface area contributed by atoms with Crippen molar-refractivity contribution in [2.75, 3.05) is 13.7 Å². The zero-order valence-electron chi connectivity index (χ0n) is 22.3. The molecule has 1 aromatic heterocycles. The normalized spacial score (nSPS) is 11.7. The van der Waals surface area contributed by atoms with Gasteiger partial charge in [-0.25, -0.2) is 4.39 Å². The Morgan fingerprint density at radius 3 is 2.54 bits per heavy atom. The minimum atomic E-state index is -0.746. The monoisotopic (exact) mass is 531 g/mol. The van der Waals surface area contributed by atoms with Gasteiger partial charge in [0.15, 0.2) is 0 Å². The molecule has 0 saturated carbocycles. The van der Waals surface area contributed by atoms with E-state index in [9.17, 15) is 14.0 Å². The molecule has 0 spiro atoms. The third-order valence-corrected chi connectivity index (χ3v) is 6.14. The highest BCUT2D eigenvalue weighted by molar-refractivity contribution is 5.95. The molecule has 0 fully saturated rings. The molecule has 1 unspecified atom stereocenters. The second-order valence-corrected chi connectivity index (χ2v) is 9.12. The summed E-state index contributed by atoms with van der Waals surface area (Å²) >= 11 is 0. The van der Waals surface area contributed by atoms with Gasteiger partial charge < -0.3 is 19.3 Å². The number of esters is 1. The van der Waals surface area contributed by atoms with E-state index in [1.165, 1.54) is 12.1 Å². The first-order valence-electron chi connectivity index (χ1n) is 12.6. The van der Waals surface area contributed by atoms with Gasteiger partial charge in [-0.05, 0) is 67.3 Å². The molecule has 9 heteroatoms. The van der Waals surface area contributed by atoms with Crippen molar-refractivity contribution >= 4 is 11.9 Å². The number of ether oxygens (including phenoxy) is 2. The van der Waals surface area contributed by atoms with E-state index >= 15 is 0 Å². The first-order valence-corrected chi connectivity index (χ1v) is 12.6. The molecule has 202 valence electrons. The third kappa shape index (κ3) is 6.56. The summed E-state index contributed by atoms with van der Waals surface area (Å²) in [7, 11) is 1.64. The summed E-state index contributed by atoms with van der Waals surface area (Å²) in [5.41, 5.74) is 5.16. The molecule has 0 radical (unpaired) electrons. The summed E-state index contributed by atoms with van der Waals surface area (Å²) < 4.78 is 30.7. The largest absolute Gasteiger partial charge is 0.466 e. The average Bonchev–Trinajstić information content (AvgIpc) is 3.40. The molecular weight excluding hydrogens is 501 g/mol. The Kier molecular flexibility index (Phi) is 8.83. The van der Waals surface area contributed by atoms with Crippen LogP contribution in [0.4, 0.5) is 4.39 Å². The fraction of sp³-hybridized carbons (Fsp3) is 0.267. The quantitative estimate of drug-likeness (QED) is 0.260. The SMILES string of the molecule is CCOC(=O)CC(C)NC(=O)c1ccc(-c2noc(-c3ccc(-c4ccccc4C)c(COC)c3)n2)cc1F. The highest BCUT2D eigenvalue weighted by Crippen LogP contribution is 2.32. The topological polar surface area (TPSA) is 104 Å². The van der Waals surface area contributed by atoms with Crippen molar-refractivity contribution in [2.24, 2.45) is 0 Å². The zero-order valence-corrected chi connectivity index (χ0v) is 22.3. The van der Waals surface area contributed by atoms with Crippen LogP contribution in [0.1, 0.15) is 41.8 Å². The summed E-state index contributed by atoms with van der Waals surface area (Å²) in [4.78, 5) is 28.6. The predicted molar refractivity (Wildman–Crippen MR) is 144 cm³/mol. The Bertz CT molecular complexity index is 1480. The molecule has 0 bridgehead atoms. The number of benzene rings is 3. The van der Waals surface area contributed by atoms with Crippen LogP contribution in [0.15, 0.2) is 65.2 Å². The number of methoxy groups -OCH3 is 1. The van der Waals surface area contributed by atoms with Crippen LogP contribution in [-0.2, 0) is 20.9 Å². The van der Waals surface area contributed by atoms with E-state index in [4.69, 9.17) is 14.0 Å². The van der Waals surface area contributed by atoms with Crippen molar-refractivity contribution in [1.29, 1.82) is 0 Å². The summed E-state index contributed by atoms with van der Waals surface area (Å²) in [5, 5.41) is 6.62. The predicted octanol–water partition coefficient (Wildman–Crippen LogP) is 5.74. The van der Waals surface area contributed by atoms with Gasteiger partial charge in [-0.3, -0.25) is 9.59 Å². The maximum atomic E-state index is 14.9. The van der Waals surface area contributed by atoms with E-state index in [1.54, 1.807) is 27.0 Å². The maximum absolute atomic E-state index is 14.9. The average molecular weight is 532 g/mol. The number of aromatic nitrogens is 2. The van der Waals surface area contributed by atoms with Gasteiger partial charge in [0, 0.05) is 24.3 Å². The van der Waals surface area contributed by atoms with Crippen LogP contribution in [0.2, 0.25) is 0 Å². The lowest BCUT2D eigenvalue weighted by atomic mass is 9.94. The molecule has 1 amide bonds. The van der Waals surface area contributed by atoms with E-state index in [-0.39, 0.29) is 30.3 Å². The summed E-state index contributed by atoms with van der Waals surface area (Å²) in [5.74, 6) is -1.36. The number of hydrogen-bond donors (Lipinski definition) is 1. The van der Waals surface area contributed by atoms with Gasteiger partial charge >= 0.3 is 5.97 Å². The number of halogens is 1. The molecule has 8 nitrogen and oxygen atoms in total. The molecule has 39 heavy (non-hydrogen) atoms. The fourth-order valence-electron chi connectivity index (χ4n) is 4.26. The van der Waals surface area contributed by atoms with Gasteiger partial charge in [-0.15, -0.1) is 0 Å². The van der Waals surface area contributed by atoms with Crippen LogP contribution in [0.25, 0.3) is 34.0 Å². The number of amides is 1. The molecule has 4 aromatic rings. The standard InChI is InChI=1S/C30H30FN3O5/c1-5-38-27(35)14-19(3)32-29(36)25-13-10-20(16-26(25)31)28-33-30(39-34-28)21-11-12-24(22(15-21)17-37-4)23-9-7-6-8-18(23)2/h6-13,15-16,19H,5,14,17H2,1-4H3,(H,32,36). The maximum Gasteiger partial charge on any atom is 0.307 e. The Morgan fingerprint density at radius 2 is 1.82 bits per heavy atom. The Labute approximate surface area is 226 Å². The van der Waals surface area contributed by atoms with Gasteiger partial charge in [0.05, 0.1) is 25.2 Å². The Morgan fingerprint density at radius 1 is 1.05 bits per heavy atom. The highest BCUT2D eigenvalue weighted by atomic mass is 19.1. The molecular formula is C30H30FN3O5. The summed E-state index contributed by atoms with van der Waals surface area (Å²) in [6, 6.07) is 17.5. The molecule has 1 N–H and O–H groups in total. The van der Waals surface area contributed by atoms with Gasteiger partial charge in [-0.2, -0.15) is 4.98 Å². The number of rotatable bonds is 10. The van der Waals surface area contributed by atoms with Gasteiger partial charge in [-0.1, -0.05) is 41.6 Å². The van der Waals surface area contributed by atoms with Gasteiger partial charge in [0.2, 0.25) is 5.82 Å². The second kappa shape index (κ2) is 12.4. The minimum Gasteiger partial charge on any atom is -0.466 e. The Balaban J connectivity index is 1.53. The number of nitrogens with zero attached hydrogens (tertiary/aromatic N) is 2. The van der Waals surface area contributed by atoms with Crippen molar-refractivity contribution in [1.82, 2.24) is 15.5 Å². The van der Waals surface area contributed by atoms with E-state index in [2.05, 4.69) is 34.5 Å². The van der Waals surface area contributed by atoms with Crippen LogP contribution < -0.4 is 5.32 Å². The fourth-order valence-corrected chi connectivity index (χ4v) is 4.26. The molecule has 0 aliphatic carbocycles. The third-order valence-electron chi connectivity index (χ3n) is 6.14. The smallest absolute Gasteiger partial charge is 0.307 e. The number of hydrogen-bond acceptors (Lipinski definition) is 7. The molecule has 3 aromatic carbocycles. The van der Waals surface area contributed by atoms with Crippen LogP contribution >= 0.6 is 0 Å². The van der Waals surface area contributed by atoms with Gasteiger partial charge in [0.25, 0.3) is 11.8 Å². The number of aryl methyl sites for hydroxylation is 1. The van der Waals surface area contributed by atoms with Crippen LogP contribution in [0.5, 0.6) is 0 Å². The minimum absolute atomic E-state index is 0.0110. The van der Waals surface area contributed by atoms with Crippen LogP contribution in [-0.4, -0.2) is 41.8 Å². The number of carbonyl (C=O) groups is 2. The van der Waals surface area contributed by atoms with Crippen LogP contribution in [0, 0.1) is 12.7 Å².